The Hall–Kier alpha value is 0.557. The second-order valence-electron chi connectivity index (χ2n) is 3.29. The Bertz CT molecular complexity index is 887. The predicted octanol–water partition coefficient (Wildman–Crippen LogP) is -3.58. The molecule has 13 nitrogen and oxygen atoms in total. The van der Waals surface area contributed by atoms with Crippen LogP contribution >= 0.6 is 21.4 Å². The van der Waals surface area contributed by atoms with Crippen LogP contribution in [0.2, 0.25) is 0 Å². The van der Waals surface area contributed by atoms with Crippen LogP contribution in [-0.2, 0) is 59.4 Å². The van der Waals surface area contributed by atoms with Crippen LogP contribution in [0.1, 0.15) is 0 Å². The molecule has 0 amide bonds. The maximum absolute atomic E-state index is 11.2. The quantitative estimate of drug-likeness (QED) is 0.169. The van der Waals surface area contributed by atoms with Gasteiger partial charge >= 0.3 is 39.3 Å². The molecule has 0 N–H and O–H groups in total. The van der Waals surface area contributed by atoms with Gasteiger partial charge in [0.25, 0.3) is 0 Å². The van der Waals surface area contributed by atoms with Crippen molar-refractivity contribution in [3.05, 3.63) is 4.13 Å². The van der Waals surface area contributed by atoms with Crippen molar-refractivity contribution >= 4 is 80.7 Å². The molecule has 0 aliphatic rings. The number of hydrogen-bond acceptors (Lipinski definition) is 12. The molecule has 0 aliphatic heterocycles. The van der Waals surface area contributed by atoms with Crippen molar-refractivity contribution in [1.82, 2.24) is 0 Å². The van der Waals surface area contributed by atoms with Crippen LogP contribution in [0.15, 0.2) is 0 Å². The van der Waals surface area contributed by atoms with Gasteiger partial charge < -0.3 is 4.13 Å². The van der Waals surface area contributed by atoms with E-state index in [0.717, 1.165) is 4.13 Å². The Morgan fingerprint density at radius 3 is 0.750 bits per heavy atom. The normalized spacial score (nSPS) is 13.1. The van der Waals surface area contributed by atoms with E-state index in [4.69, 9.17) is 0 Å². The molecule has 0 rings (SSSR count). The minimum absolute atomic E-state index is 0. The molecular weight excluding hydrogens is 576 g/mol. The average molecular weight is 580 g/mol. The predicted molar refractivity (Wildman–Crippen MR) is 82.7 cm³/mol. The fourth-order valence-corrected chi connectivity index (χ4v) is 6.51. The van der Waals surface area contributed by atoms with Gasteiger partial charge in [0.15, 0.2) is 5.08 Å². The van der Waals surface area contributed by atoms with E-state index in [9.17, 15) is 66.0 Å². The van der Waals surface area contributed by atoms with Crippen molar-refractivity contribution in [2.24, 2.45) is 0 Å². The van der Waals surface area contributed by atoms with Crippen LogP contribution in [0, 0.1) is 0 Å². The fourth-order valence-electron chi connectivity index (χ4n) is 0.443. The van der Waals surface area contributed by atoms with Gasteiger partial charge in [-0.15, -0.1) is 15.5 Å². The van der Waals surface area contributed by atoms with Crippen LogP contribution in [-0.4, -0.2) is 60.7 Å². The number of halogens is 6. The Balaban J connectivity index is -0.000000152. The van der Waals surface area contributed by atoms with E-state index in [1.54, 1.807) is 0 Å². The maximum Gasteiger partial charge on any atom is 1.00 e. The van der Waals surface area contributed by atoms with Gasteiger partial charge in [-0.3, -0.25) is 0 Å². The average Bonchev–Trinajstić information content (AvgIpc) is 1.96. The zero-order valence-corrected chi connectivity index (χ0v) is 18.9. The largest absolute Gasteiger partial charge is 1.00 e. The first-order valence-corrected chi connectivity index (χ1v) is 15.2. The third-order valence-corrected chi connectivity index (χ3v) is 8.27. The van der Waals surface area contributed by atoms with Gasteiger partial charge in [-0.1, -0.05) is 0 Å². The van der Waals surface area contributed by atoms with Gasteiger partial charge in [0, 0.05) is 21.4 Å². The third kappa shape index (κ3) is 50.4. The zero-order chi connectivity index (χ0) is 23.1. The van der Waals surface area contributed by atoms with Crippen molar-refractivity contribution < 1.29 is 84.9 Å². The fraction of sp³-hybridized carbons (Fsp3) is 1.00. The molecule has 26 heteroatoms. The minimum Gasteiger partial charge on any atom is -0.379 e. The molecule has 168 valence electrons. The van der Waals surface area contributed by atoms with E-state index in [0.29, 0.717) is 0 Å². The van der Waals surface area contributed by atoms with E-state index in [1.807, 2.05) is 0 Å². The summed E-state index contributed by atoms with van der Waals surface area (Å²) in [4.78, 5) is 0. The standard InChI is InChI=1S/CH2Cl2O4S2.CH2F2O4S2.F2NO4S2.Li/c2*2-8(4,5)1-9(3,6)7;1-8(4,5)3-9(2,6)7;/h2*1H2;;/q;;-1;+1. The first kappa shape index (κ1) is 36.0. The summed E-state index contributed by atoms with van der Waals surface area (Å²) in [5.41, 5.74) is 0. The summed E-state index contributed by atoms with van der Waals surface area (Å²) < 4.78 is 160. The van der Waals surface area contributed by atoms with Gasteiger partial charge in [-0.05, 0) is 0 Å². The van der Waals surface area contributed by atoms with E-state index in [-0.39, 0.29) is 18.9 Å². The molecule has 0 heterocycles. The number of hydrogen-bond donors (Lipinski definition) is 0. The molecule has 0 radical (unpaired) electrons. The molecule has 0 atom stereocenters. The Kier molecular flexibility index (Phi) is 16.0. The van der Waals surface area contributed by atoms with Crippen molar-refractivity contribution in [3.8, 4) is 0 Å². The number of nitrogens with zero attached hydrogens (tertiary/aromatic N) is 1. The topological polar surface area (TPSA) is 219 Å². The van der Waals surface area contributed by atoms with E-state index < -0.39 is 69.5 Å². The van der Waals surface area contributed by atoms with Crippen molar-refractivity contribution in [2.75, 3.05) is 10.2 Å². The van der Waals surface area contributed by atoms with Crippen LogP contribution in [0.3, 0.4) is 0 Å². The van der Waals surface area contributed by atoms with Gasteiger partial charge in [-0.25, -0.2) is 33.7 Å². The first-order valence-electron chi connectivity index (χ1n) is 4.45. The third-order valence-electron chi connectivity index (χ3n) is 0.741. The van der Waals surface area contributed by atoms with E-state index in [2.05, 4.69) is 21.4 Å². The molecule has 0 aliphatic carbocycles. The summed E-state index contributed by atoms with van der Waals surface area (Å²) in [5.74, 6) is 0. The molecule has 0 fully saturated rings. The smallest absolute Gasteiger partial charge is 0.379 e. The minimum atomic E-state index is -5.62. The Morgan fingerprint density at radius 2 is 0.750 bits per heavy atom. The van der Waals surface area contributed by atoms with Crippen LogP contribution in [0.5, 0.6) is 0 Å². The van der Waals surface area contributed by atoms with Crippen LogP contribution in [0.25, 0.3) is 4.13 Å². The Morgan fingerprint density at radius 1 is 0.536 bits per heavy atom. The van der Waals surface area contributed by atoms with Crippen molar-refractivity contribution in [3.63, 3.8) is 0 Å². The summed E-state index contributed by atoms with van der Waals surface area (Å²) in [6.45, 7) is 0. The van der Waals surface area contributed by atoms with Crippen LogP contribution < -0.4 is 18.9 Å². The molecule has 0 bridgehead atoms. The summed E-state index contributed by atoms with van der Waals surface area (Å²) in [6.07, 6.45) is 0. The molecule has 0 unspecified atom stereocenters. The molecule has 28 heavy (non-hydrogen) atoms. The molecule has 0 aromatic rings. The zero-order valence-electron chi connectivity index (χ0n) is 12.5. The SMILES string of the molecule is O=S(=O)(Cl)CS(=O)(=O)Cl.O=S(=O)(F)CS(=O)(=O)F.O=S(=O)(F)[N-]S(=O)(=O)F.[Li+]. The van der Waals surface area contributed by atoms with Gasteiger partial charge in [-0.2, -0.15) is 16.8 Å². The van der Waals surface area contributed by atoms with Crippen LogP contribution in [0.4, 0.5) is 15.5 Å². The van der Waals surface area contributed by atoms with Gasteiger partial charge in [0.2, 0.25) is 44.0 Å². The summed E-state index contributed by atoms with van der Waals surface area (Å²) >= 11 is 0. The first-order chi connectivity index (χ1) is 11.1. The van der Waals surface area contributed by atoms with E-state index >= 15 is 0 Å². The molecule has 0 saturated carbocycles. The summed E-state index contributed by atoms with van der Waals surface area (Å²) in [6, 6.07) is 0. The second kappa shape index (κ2) is 12.4. The van der Waals surface area contributed by atoms with E-state index in [1.165, 1.54) is 0 Å². The molecule has 0 aromatic carbocycles. The Labute approximate surface area is 178 Å². The van der Waals surface area contributed by atoms with Gasteiger partial charge in [0.1, 0.15) is 0 Å². The number of rotatable bonds is 6. The maximum atomic E-state index is 11.2. The molecular formula is C2H4Cl2F4LiNO12S6. The van der Waals surface area contributed by atoms with Crippen molar-refractivity contribution in [1.29, 1.82) is 0 Å². The molecule has 0 saturated heterocycles. The molecule has 0 aromatic heterocycles. The second-order valence-corrected chi connectivity index (χ2v) is 14.6. The monoisotopic (exact) mass is 579 g/mol. The van der Waals surface area contributed by atoms with Crippen molar-refractivity contribution in [2.45, 2.75) is 0 Å². The van der Waals surface area contributed by atoms with Gasteiger partial charge in [0.05, 0.1) is 0 Å². The molecule has 0 spiro atoms. The summed E-state index contributed by atoms with van der Waals surface area (Å²) in [5, 5.41) is -3.33. The summed E-state index contributed by atoms with van der Waals surface area (Å²) in [7, 11) is -20.7.